The topological polar surface area (TPSA) is 104 Å². The highest BCUT2D eigenvalue weighted by atomic mass is 35.5. The number of hydrogen-bond donors (Lipinski definition) is 2. The second-order valence-corrected chi connectivity index (χ2v) is 14.0. The van der Waals surface area contributed by atoms with Crippen LogP contribution in [-0.2, 0) is 19.6 Å². The van der Waals surface area contributed by atoms with Crippen molar-refractivity contribution in [3.63, 3.8) is 0 Å². The number of rotatable bonds is 10. The molecule has 1 saturated heterocycles. The number of nitrogens with one attached hydrogen (secondary N) is 1. The number of sulfonamides is 1. The van der Waals surface area contributed by atoms with Gasteiger partial charge in [0.15, 0.2) is 0 Å². The van der Waals surface area contributed by atoms with Crippen LogP contribution in [0.2, 0.25) is 10.0 Å². The third-order valence-corrected chi connectivity index (χ3v) is 10.1. The van der Waals surface area contributed by atoms with E-state index in [-0.39, 0.29) is 30.7 Å². The Morgan fingerprint density at radius 2 is 1.76 bits per heavy atom. The fraction of sp³-hybridized carbons (Fsp3) is 0.500. The monoisotopic (exact) mass is 580 g/mol. The lowest BCUT2D eigenvalue weighted by Gasteiger charge is -2.52. The van der Waals surface area contributed by atoms with Gasteiger partial charge in [-0.25, -0.2) is 13.1 Å². The summed E-state index contributed by atoms with van der Waals surface area (Å²) in [7, 11) is -3.50. The standard InChI is InChI=1S/C28H34Cl2N2O5S/c1-17(2)24(16-31-38(36,37)22-11-12-22)32-26(18-7-9-20(29)10-8-18)23(19-5-4-6-21(30)13-19)14-28(3,27(32)35)15-25(33)34/h4-10,13,17,22-24,26,31H,11-12,14-16H2,1-3H3,(H,33,34)/t23?,24-,26-,28-/m1/s1. The molecule has 2 aromatic carbocycles. The molecule has 1 heterocycles. The minimum atomic E-state index is -3.50. The van der Waals surface area contributed by atoms with Gasteiger partial charge >= 0.3 is 5.97 Å². The van der Waals surface area contributed by atoms with Gasteiger partial charge < -0.3 is 10.0 Å². The van der Waals surface area contributed by atoms with Crippen molar-refractivity contribution in [2.24, 2.45) is 11.3 Å². The van der Waals surface area contributed by atoms with E-state index >= 15 is 0 Å². The lowest BCUT2D eigenvalue weighted by Crippen LogP contribution is -2.59. The molecule has 2 N–H and O–H groups in total. The van der Waals surface area contributed by atoms with Crippen LogP contribution in [0.4, 0.5) is 0 Å². The number of carbonyl (C=O) groups excluding carboxylic acids is 1. The minimum Gasteiger partial charge on any atom is -0.481 e. The van der Waals surface area contributed by atoms with Gasteiger partial charge in [-0.2, -0.15) is 0 Å². The average Bonchev–Trinajstić information content (AvgIpc) is 3.68. The van der Waals surface area contributed by atoms with Crippen LogP contribution in [-0.4, -0.2) is 48.1 Å². The van der Waals surface area contributed by atoms with Crippen molar-refractivity contribution in [2.75, 3.05) is 6.54 Å². The first-order valence-electron chi connectivity index (χ1n) is 12.9. The van der Waals surface area contributed by atoms with E-state index in [4.69, 9.17) is 23.2 Å². The first kappa shape index (κ1) is 28.9. The second kappa shape index (κ2) is 11.2. The highest BCUT2D eigenvalue weighted by Crippen LogP contribution is 2.52. The van der Waals surface area contributed by atoms with Crippen LogP contribution in [0.1, 0.15) is 69.5 Å². The van der Waals surface area contributed by atoms with E-state index in [2.05, 4.69) is 4.72 Å². The van der Waals surface area contributed by atoms with Crippen molar-refractivity contribution in [2.45, 2.75) is 69.7 Å². The molecule has 7 nitrogen and oxygen atoms in total. The van der Waals surface area contributed by atoms with Crippen LogP contribution in [0.15, 0.2) is 48.5 Å². The molecule has 4 atom stereocenters. The van der Waals surface area contributed by atoms with Gasteiger partial charge in [-0.1, -0.05) is 68.2 Å². The number of carboxylic acids is 1. The molecule has 1 amide bonds. The summed E-state index contributed by atoms with van der Waals surface area (Å²) in [6, 6.07) is 13.7. The molecule has 206 valence electrons. The largest absolute Gasteiger partial charge is 0.481 e. The molecule has 1 aliphatic heterocycles. The molecule has 0 radical (unpaired) electrons. The summed E-state index contributed by atoms with van der Waals surface area (Å²) >= 11 is 12.6. The first-order valence-corrected chi connectivity index (χ1v) is 15.2. The van der Waals surface area contributed by atoms with Crippen molar-refractivity contribution in [1.29, 1.82) is 0 Å². The van der Waals surface area contributed by atoms with E-state index < -0.39 is 38.7 Å². The number of carboxylic acid groups (broad SMARTS) is 1. The Bertz CT molecular complexity index is 1300. The number of halogens is 2. The highest BCUT2D eigenvalue weighted by Gasteiger charge is 2.53. The Kier molecular flexibility index (Phi) is 8.48. The molecule has 0 bridgehead atoms. The third-order valence-electron chi connectivity index (χ3n) is 7.72. The Balaban J connectivity index is 1.87. The molecule has 2 aromatic rings. The van der Waals surface area contributed by atoms with Crippen LogP contribution in [0.25, 0.3) is 0 Å². The van der Waals surface area contributed by atoms with Crippen molar-refractivity contribution in [3.8, 4) is 0 Å². The van der Waals surface area contributed by atoms with E-state index in [1.165, 1.54) is 0 Å². The lowest BCUT2D eigenvalue weighted by molar-refractivity contribution is -0.161. The maximum atomic E-state index is 14.3. The maximum absolute atomic E-state index is 14.3. The van der Waals surface area contributed by atoms with Crippen LogP contribution < -0.4 is 4.72 Å². The Hall–Kier alpha value is -2.13. The smallest absolute Gasteiger partial charge is 0.304 e. The molecule has 10 heteroatoms. The zero-order valence-electron chi connectivity index (χ0n) is 21.7. The van der Waals surface area contributed by atoms with Crippen molar-refractivity contribution >= 4 is 45.1 Å². The van der Waals surface area contributed by atoms with Crippen molar-refractivity contribution < 1.29 is 23.1 Å². The Morgan fingerprint density at radius 1 is 1.11 bits per heavy atom. The van der Waals surface area contributed by atoms with Gasteiger partial charge in [-0.3, -0.25) is 9.59 Å². The number of aliphatic carboxylic acids is 1. The van der Waals surface area contributed by atoms with Crippen LogP contribution >= 0.6 is 23.2 Å². The van der Waals surface area contributed by atoms with Crippen molar-refractivity contribution in [1.82, 2.24) is 9.62 Å². The number of piperidine rings is 1. The summed E-state index contributed by atoms with van der Waals surface area (Å²) in [5.41, 5.74) is 0.512. The molecule has 2 aliphatic rings. The zero-order chi connectivity index (χ0) is 27.8. The number of amides is 1. The van der Waals surface area contributed by atoms with E-state index in [0.29, 0.717) is 29.3 Å². The molecule has 2 fully saturated rings. The molecule has 1 unspecified atom stereocenters. The molecule has 0 spiro atoms. The highest BCUT2D eigenvalue weighted by molar-refractivity contribution is 7.90. The van der Waals surface area contributed by atoms with Gasteiger partial charge in [-0.15, -0.1) is 0 Å². The maximum Gasteiger partial charge on any atom is 0.304 e. The third kappa shape index (κ3) is 6.19. The Labute approximate surface area is 234 Å². The van der Waals surface area contributed by atoms with E-state index in [1.54, 1.807) is 30.0 Å². The summed E-state index contributed by atoms with van der Waals surface area (Å²) in [5.74, 6) is -1.78. The summed E-state index contributed by atoms with van der Waals surface area (Å²) in [5, 5.41) is 10.5. The normalized spacial score (nSPS) is 25.0. The van der Waals surface area contributed by atoms with Crippen LogP contribution in [0.3, 0.4) is 0 Å². The van der Waals surface area contributed by atoms with Gasteiger partial charge in [0.1, 0.15) is 0 Å². The Morgan fingerprint density at radius 3 is 2.32 bits per heavy atom. The van der Waals surface area contributed by atoms with E-state index in [9.17, 15) is 23.1 Å². The van der Waals surface area contributed by atoms with Crippen LogP contribution in [0, 0.1) is 11.3 Å². The van der Waals surface area contributed by atoms with E-state index in [1.807, 2.05) is 44.2 Å². The first-order chi connectivity index (χ1) is 17.8. The zero-order valence-corrected chi connectivity index (χ0v) is 24.1. The summed E-state index contributed by atoms with van der Waals surface area (Å²) in [6.07, 6.45) is 1.21. The average molecular weight is 582 g/mol. The fourth-order valence-electron chi connectivity index (χ4n) is 5.60. The molecular formula is C28H34Cl2N2O5S. The van der Waals surface area contributed by atoms with E-state index in [0.717, 1.165) is 11.1 Å². The molecule has 1 aliphatic carbocycles. The number of likely N-dealkylation sites (tertiary alicyclic amines) is 1. The SMILES string of the molecule is CC(C)[C@@H](CNS(=O)(=O)C1CC1)N1C(=O)[C@@](C)(CC(=O)O)CC(c2cccc(Cl)c2)[C@H]1c1ccc(Cl)cc1. The lowest BCUT2D eigenvalue weighted by atomic mass is 9.66. The minimum absolute atomic E-state index is 0.0394. The summed E-state index contributed by atoms with van der Waals surface area (Å²) in [6.45, 7) is 5.62. The van der Waals surface area contributed by atoms with Gasteiger partial charge in [0.25, 0.3) is 0 Å². The van der Waals surface area contributed by atoms with Crippen LogP contribution in [0.5, 0.6) is 0 Å². The molecular weight excluding hydrogens is 547 g/mol. The number of hydrogen-bond acceptors (Lipinski definition) is 4. The van der Waals surface area contributed by atoms with Gasteiger partial charge in [0.2, 0.25) is 15.9 Å². The molecule has 4 rings (SSSR count). The number of carbonyl (C=O) groups is 2. The number of benzene rings is 2. The summed E-state index contributed by atoms with van der Waals surface area (Å²) < 4.78 is 28.2. The quantitative estimate of drug-likeness (QED) is 0.378. The van der Waals surface area contributed by atoms with Gasteiger partial charge in [-0.05, 0) is 60.6 Å². The number of nitrogens with zero attached hydrogens (tertiary/aromatic N) is 1. The predicted octanol–water partition coefficient (Wildman–Crippen LogP) is 5.64. The summed E-state index contributed by atoms with van der Waals surface area (Å²) in [4.78, 5) is 28.0. The van der Waals surface area contributed by atoms with Gasteiger partial charge in [0.05, 0.1) is 23.1 Å². The molecule has 0 aromatic heterocycles. The van der Waals surface area contributed by atoms with Crippen molar-refractivity contribution in [3.05, 3.63) is 69.7 Å². The fourth-order valence-corrected chi connectivity index (χ4v) is 7.32. The predicted molar refractivity (Wildman–Crippen MR) is 149 cm³/mol. The van der Waals surface area contributed by atoms with Gasteiger partial charge in [0, 0.05) is 28.5 Å². The molecule has 38 heavy (non-hydrogen) atoms. The molecule has 1 saturated carbocycles. The second-order valence-electron chi connectivity index (χ2n) is 11.1.